The van der Waals surface area contributed by atoms with Gasteiger partial charge in [0, 0.05) is 4.91 Å². The van der Waals surface area contributed by atoms with Crippen LogP contribution in [0.25, 0.3) is 10.4 Å². The third kappa shape index (κ3) is 2.25. The highest BCUT2D eigenvalue weighted by Crippen LogP contribution is 2.28. The summed E-state index contributed by atoms with van der Waals surface area (Å²) >= 11 is 0. The van der Waals surface area contributed by atoms with Gasteiger partial charge in [-0.2, -0.15) is 0 Å². The summed E-state index contributed by atoms with van der Waals surface area (Å²) in [6, 6.07) is 0. The summed E-state index contributed by atoms with van der Waals surface area (Å²) < 4.78 is 4.80. The average Bonchev–Trinajstić information content (AvgIpc) is 2.29. The number of azide groups is 1. The van der Waals surface area contributed by atoms with Crippen molar-refractivity contribution in [2.45, 2.75) is 30.2 Å². The first-order valence-electron chi connectivity index (χ1n) is 4.52. The fourth-order valence-electron chi connectivity index (χ4n) is 1.48. The highest BCUT2D eigenvalue weighted by atomic mass is 16.7. The Morgan fingerprint density at radius 2 is 1.94 bits per heavy atom. The number of ether oxygens (including phenoxy) is 1. The fraction of sp³-hybridized carbons (Fsp3) is 1.00. The number of rotatable bonds is 3. The van der Waals surface area contributed by atoms with Crippen LogP contribution in [-0.2, 0) is 4.74 Å². The zero-order chi connectivity index (χ0) is 12.3. The van der Waals surface area contributed by atoms with E-state index in [1.807, 2.05) is 0 Å². The van der Waals surface area contributed by atoms with Gasteiger partial charge < -0.3 is 30.3 Å². The maximum absolute atomic E-state index is 9.74. The summed E-state index contributed by atoms with van der Waals surface area (Å²) in [5.41, 5.74) is 8.09. The Hall–Kier alpha value is -0.930. The molecule has 0 amide bonds. The van der Waals surface area contributed by atoms with Gasteiger partial charge in [-0.05, 0) is 5.53 Å². The van der Waals surface area contributed by atoms with E-state index in [-0.39, 0.29) is 0 Å². The standard InChI is InChI=1S/C7H13N3O6/c8-10-9-2-7(15)6(14)5(13)4(12)3(1-11)16-7/h3-6,11-15H,1-2H2/t3-,4-,5+,6-,7+/m1/s1. The number of aliphatic hydroxyl groups excluding tert-OH is 4. The topological polar surface area (TPSA) is 159 Å². The highest BCUT2D eigenvalue weighted by Gasteiger charge is 2.52. The molecule has 9 nitrogen and oxygen atoms in total. The van der Waals surface area contributed by atoms with E-state index in [4.69, 9.17) is 15.4 Å². The van der Waals surface area contributed by atoms with Crippen LogP contribution in [0.5, 0.6) is 0 Å². The molecule has 1 aliphatic rings. The number of hydrogen-bond donors (Lipinski definition) is 5. The van der Waals surface area contributed by atoms with Crippen molar-refractivity contribution in [1.29, 1.82) is 0 Å². The number of hydrogen-bond acceptors (Lipinski definition) is 7. The lowest BCUT2D eigenvalue weighted by atomic mass is 9.93. The van der Waals surface area contributed by atoms with Gasteiger partial charge in [0.1, 0.15) is 24.4 Å². The van der Waals surface area contributed by atoms with Crippen molar-refractivity contribution in [3.05, 3.63) is 10.4 Å². The lowest BCUT2D eigenvalue weighted by molar-refractivity contribution is -0.344. The lowest BCUT2D eigenvalue weighted by Gasteiger charge is -2.44. The quantitative estimate of drug-likeness (QED) is 0.206. The van der Waals surface area contributed by atoms with Crippen molar-refractivity contribution < 1.29 is 30.3 Å². The van der Waals surface area contributed by atoms with Crippen LogP contribution in [0.3, 0.4) is 0 Å². The molecule has 0 unspecified atom stereocenters. The Morgan fingerprint density at radius 3 is 2.44 bits per heavy atom. The van der Waals surface area contributed by atoms with Crippen molar-refractivity contribution in [3.8, 4) is 0 Å². The Labute approximate surface area is 90.1 Å². The van der Waals surface area contributed by atoms with Gasteiger partial charge >= 0.3 is 0 Å². The second kappa shape index (κ2) is 4.93. The van der Waals surface area contributed by atoms with E-state index in [1.54, 1.807) is 0 Å². The molecule has 0 bridgehead atoms. The molecular formula is C7H13N3O6. The maximum Gasteiger partial charge on any atom is 0.200 e. The van der Waals surface area contributed by atoms with Gasteiger partial charge in [-0.1, -0.05) is 5.11 Å². The van der Waals surface area contributed by atoms with Crippen LogP contribution in [-0.4, -0.2) is 68.9 Å². The van der Waals surface area contributed by atoms with Crippen molar-refractivity contribution in [2.75, 3.05) is 13.2 Å². The summed E-state index contributed by atoms with van der Waals surface area (Å²) in [6.45, 7) is -1.31. The van der Waals surface area contributed by atoms with E-state index in [0.29, 0.717) is 0 Å². The maximum atomic E-state index is 9.74. The molecule has 1 rings (SSSR count). The Kier molecular flexibility index (Phi) is 4.05. The first-order chi connectivity index (χ1) is 7.46. The molecular weight excluding hydrogens is 222 g/mol. The van der Waals surface area contributed by atoms with Crippen LogP contribution in [0.15, 0.2) is 5.11 Å². The molecule has 0 aromatic rings. The molecule has 5 N–H and O–H groups in total. The van der Waals surface area contributed by atoms with Crippen LogP contribution in [0.1, 0.15) is 0 Å². The first kappa shape index (κ1) is 13.1. The molecule has 0 saturated carbocycles. The van der Waals surface area contributed by atoms with Crippen LogP contribution in [0.4, 0.5) is 0 Å². The lowest BCUT2D eigenvalue weighted by Crippen LogP contribution is -2.66. The smallest absolute Gasteiger partial charge is 0.200 e. The van der Waals surface area contributed by atoms with Gasteiger partial charge in [0.15, 0.2) is 0 Å². The van der Waals surface area contributed by atoms with E-state index in [1.165, 1.54) is 0 Å². The second-order valence-corrected chi connectivity index (χ2v) is 3.50. The largest absolute Gasteiger partial charge is 0.394 e. The fourth-order valence-corrected chi connectivity index (χ4v) is 1.48. The normalized spacial score (nSPS) is 43.8. The van der Waals surface area contributed by atoms with Crippen molar-refractivity contribution in [3.63, 3.8) is 0 Å². The Bertz CT molecular complexity index is 294. The van der Waals surface area contributed by atoms with Crippen molar-refractivity contribution in [2.24, 2.45) is 5.11 Å². The van der Waals surface area contributed by atoms with Crippen LogP contribution < -0.4 is 0 Å². The zero-order valence-electron chi connectivity index (χ0n) is 8.21. The molecule has 1 heterocycles. The molecule has 0 aliphatic carbocycles. The first-order valence-corrected chi connectivity index (χ1v) is 4.52. The average molecular weight is 235 g/mol. The zero-order valence-corrected chi connectivity index (χ0v) is 8.21. The Morgan fingerprint density at radius 1 is 1.31 bits per heavy atom. The SMILES string of the molecule is [N-]=[N+]=NC[C@]1(O)O[C@H](CO)[C@@H](O)[C@H](O)[C@H]1O. The van der Waals surface area contributed by atoms with Gasteiger partial charge in [0.05, 0.1) is 13.2 Å². The molecule has 0 aromatic carbocycles. The van der Waals surface area contributed by atoms with Gasteiger partial charge in [0.25, 0.3) is 0 Å². The molecule has 16 heavy (non-hydrogen) atoms. The minimum Gasteiger partial charge on any atom is -0.394 e. The third-order valence-corrected chi connectivity index (χ3v) is 2.41. The van der Waals surface area contributed by atoms with Crippen molar-refractivity contribution in [1.82, 2.24) is 0 Å². The number of nitrogens with zero attached hydrogens (tertiary/aromatic N) is 3. The summed E-state index contributed by atoms with van der Waals surface area (Å²) in [5, 5.41) is 49.8. The molecule has 0 spiro atoms. The predicted octanol–water partition coefficient (Wildman–Crippen LogP) is -2.54. The van der Waals surface area contributed by atoms with E-state index in [2.05, 4.69) is 10.0 Å². The van der Waals surface area contributed by atoms with Crippen molar-refractivity contribution >= 4 is 0 Å². The van der Waals surface area contributed by atoms with E-state index >= 15 is 0 Å². The molecule has 1 saturated heterocycles. The monoisotopic (exact) mass is 235 g/mol. The minimum absolute atomic E-state index is 0.648. The highest BCUT2D eigenvalue weighted by molar-refractivity contribution is 4.96. The minimum atomic E-state index is -2.32. The molecule has 5 atom stereocenters. The summed E-state index contributed by atoms with van der Waals surface area (Å²) in [7, 11) is 0. The number of aliphatic hydroxyl groups is 5. The van der Waals surface area contributed by atoms with E-state index in [9.17, 15) is 20.4 Å². The molecule has 92 valence electrons. The van der Waals surface area contributed by atoms with Gasteiger partial charge in [-0.3, -0.25) is 0 Å². The molecule has 0 aromatic heterocycles. The van der Waals surface area contributed by atoms with Gasteiger partial charge in [-0.15, -0.1) is 0 Å². The van der Waals surface area contributed by atoms with Crippen LogP contribution in [0.2, 0.25) is 0 Å². The van der Waals surface area contributed by atoms with Crippen LogP contribution >= 0.6 is 0 Å². The summed E-state index contributed by atoms with van der Waals surface area (Å²) in [5.74, 6) is -2.32. The summed E-state index contributed by atoms with van der Waals surface area (Å²) in [6.07, 6.45) is -6.34. The van der Waals surface area contributed by atoms with E-state index in [0.717, 1.165) is 0 Å². The summed E-state index contributed by atoms with van der Waals surface area (Å²) in [4.78, 5) is 2.37. The van der Waals surface area contributed by atoms with Gasteiger partial charge in [0.2, 0.25) is 5.79 Å². The molecule has 1 fully saturated rings. The predicted molar refractivity (Wildman–Crippen MR) is 48.9 cm³/mol. The third-order valence-electron chi connectivity index (χ3n) is 2.41. The van der Waals surface area contributed by atoms with Gasteiger partial charge in [-0.25, -0.2) is 0 Å². The Balaban J connectivity index is 2.88. The van der Waals surface area contributed by atoms with Crippen LogP contribution in [0, 0.1) is 0 Å². The molecule has 1 aliphatic heterocycles. The molecule has 9 heteroatoms. The van der Waals surface area contributed by atoms with E-state index < -0.39 is 43.4 Å². The molecule has 0 radical (unpaired) electrons. The second-order valence-electron chi connectivity index (χ2n) is 3.50.